The molecule has 9 heteroatoms. The molecule has 30 heavy (non-hydrogen) atoms. The molecule has 0 aromatic carbocycles. The average Bonchev–Trinajstić information content (AvgIpc) is 3.28. The topological polar surface area (TPSA) is 115 Å². The van der Waals surface area contributed by atoms with Crippen LogP contribution in [0.15, 0.2) is 0 Å². The van der Waals surface area contributed by atoms with Gasteiger partial charge >= 0.3 is 5.97 Å². The van der Waals surface area contributed by atoms with E-state index in [0.717, 1.165) is 45.4 Å². The van der Waals surface area contributed by atoms with Crippen LogP contribution in [0.3, 0.4) is 0 Å². The van der Waals surface area contributed by atoms with Crippen molar-refractivity contribution in [3.05, 3.63) is 0 Å². The van der Waals surface area contributed by atoms with E-state index in [0.29, 0.717) is 31.3 Å². The number of aliphatic hydroxyl groups is 1. The van der Waals surface area contributed by atoms with Gasteiger partial charge in [-0.3, -0.25) is 14.5 Å². The summed E-state index contributed by atoms with van der Waals surface area (Å²) in [5, 5.41) is 15.4. The maximum absolute atomic E-state index is 12.9. The lowest BCUT2D eigenvalue weighted by Crippen LogP contribution is -2.63. The van der Waals surface area contributed by atoms with E-state index in [2.05, 4.69) is 40.2 Å². The molecule has 1 amide bonds. The van der Waals surface area contributed by atoms with Crippen molar-refractivity contribution in [1.82, 2.24) is 26.4 Å². The molecule has 2 aliphatic heterocycles. The minimum absolute atomic E-state index is 0.0506. The van der Waals surface area contributed by atoms with Gasteiger partial charge in [-0.05, 0) is 50.4 Å². The summed E-state index contributed by atoms with van der Waals surface area (Å²) in [5.74, 6) is 0.267. The Morgan fingerprint density at radius 2 is 1.93 bits per heavy atom. The highest BCUT2D eigenvalue weighted by Gasteiger charge is 2.40. The number of esters is 1. The second kappa shape index (κ2) is 11.4. The van der Waals surface area contributed by atoms with Crippen LogP contribution in [-0.2, 0) is 14.3 Å². The van der Waals surface area contributed by atoms with Crippen LogP contribution in [0.5, 0.6) is 0 Å². The number of carbonyl (C=O) groups is 2. The summed E-state index contributed by atoms with van der Waals surface area (Å²) in [7, 11) is 0. The number of unbranched alkanes of at least 4 members (excludes halogenated alkanes) is 1. The molecule has 0 spiro atoms. The van der Waals surface area contributed by atoms with Gasteiger partial charge in [0.25, 0.3) is 0 Å². The molecule has 0 aromatic rings. The third kappa shape index (κ3) is 6.13. The molecule has 0 aromatic heterocycles. The smallest absolute Gasteiger partial charge is 0.311 e. The predicted molar refractivity (Wildman–Crippen MR) is 113 cm³/mol. The van der Waals surface area contributed by atoms with E-state index >= 15 is 0 Å². The van der Waals surface area contributed by atoms with Gasteiger partial charge < -0.3 is 20.5 Å². The maximum atomic E-state index is 12.9. The summed E-state index contributed by atoms with van der Waals surface area (Å²) in [6.07, 6.45) is 4.69. The maximum Gasteiger partial charge on any atom is 0.311 e. The Labute approximate surface area is 179 Å². The van der Waals surface area contributed by atoms with Crippen molar-refractivity contribution in [3.8, 4) is 0 Å². The van der Waals surface area contributed by atoms with Crippen LogP contribution in [0.25, 0.3) is 0 Å². The molecule has 3 fully saturated rings. The standard InChI is InChI=1S/C21H39N5O4/c1-14-11-16(21(29)30-10-4-3-9-27)18(12-15(14)2)23-20(28)17-5-6-19(25-24-17)26-8-7-22-13-26/h14-19,22,24-25,27H,3-13H2,1-2H3,(H,23,28). The van der Waals surface area contributed by atoms with Crippen molar-refractivity contribution in [2.24, 2.45) is 17.8 Å². The van der Waals surface area contributed by atoms with Crippen molar-refractivity contribution in [3.63, 3.8) is 0 Å². The van der Waals surface area contributed by atoms with E-state index < -0.39 is 0 Å². The minimum Gasteiger partial charge on any atom is -0.465 e. The molecule has 9 nitrogen and oxygen atoms in total. The Balaban J connectivity index is 1.51. The van der Waals surface area contributed by atoms with Gasteiger partial charge in [-0.2, -0.15) is 0 Å². The van der Waals surface area contributed by atoms with Crippen molar-refractivity contribution >= 4 is 11.9 Å². The van der Waals surface area contributed by atoms with Crippen LogP contribution >= 0.6 is 0 Å². The molecule has 2 saturated heterocycles. The summed E-state index contributed by atoms with van der Waals surface area (Å²) in [6, 6.07) is -0.496. The molecule has 6 unspecified atom stereocenters. The van der Waals surface area contributed by atoms with Crippen LogP contribution in [0.2, 0.25) is 0 Å². The van der Waals surface area contributed by atoms with Crippen molar-refractivity contribution < 1.29 is 19.4 Å². The predicted octanol–water partition coefficient (Wildman–Crippen LogP) is -0.0855. The molecule has 2 heterocycles. The van der Waals surface area contributed by atoms with Gasteiger partial charge in [0.2, 0.25) is 5.91 Å². The van der Waals surface area contributed by atoms with Crippen LogP contribution in [-0.4, -0.2) is 73.1 Å². The third-order valence-electron chi connectivity index (χ3n) is 6.94. The largest absolute Gasteiger partial charge is 0.465 e. The van der Waals surface area contributed by atoms with E-state index in [9.17, 15) is 9.59 Å². The summed E-state index contributed by atoms with van der Waals surface area (Å²) in [5.41, 5.74) is 6.46. The third-order valence-corrected chi connectivity index (χ3v) is 6.94. The highest BCUT2D eigenvalue weighted by atomic mass is 16.5. The fraction of sp³-hybridized carbons (Fsp3) is 0.905. The van der Waals surface area contributed by atoms with Gasteiger partial charge in [-0.25, -0.2) is 10.9 Å². The fourth-order valence-corrected chi connectivity index (χ4v) is 4.72. The first-order chi connectivity index (χ1) is 14.5. The number of amides is 1. The molecule has 5 N–H and O–H groups in total. The van der Waals surface area contributed by atoms with E-state index in [1.807, 2.05) is 0 Å². The Morgan fingerprint density at radius 3 is 2.60 bits per heavy atom. The number of rotatable bonds is 8. The summed E-state index contributed by atoms with van der Waals surface area (Å²) >= 11 is 0. The van der Waals surface area contributed by atoms with Crippen molar-refractivity contribution in [2.45, 2.75) is 70.6 Å². The van der Waals surface area contributed by atoms with Gasteiger partial charge in [-0.15, -0.1) is 0 Å². The van der Waals surface area contributed by atoms with Crippen molar-refractivity contribution in [1.29, 1.82) is 0 Å². The molecule has 0 radical (unpaired) electrons. The van der Waals surface area contributed by atoms with E-state index in [1.165, 1.54) is 0 Å². The number of carbonyl (C=O) groups excluding carboxylic acids is 2. The van der Waals surface area contributed by atoms with Crippen molar-refractivity contribution in [2.75, 3.05) is 33.0 Å². The normalized spacial score (nSPS) is 35.2. The zero-order chi connectivity index (χ0) is 21.5. The molecule has 3 aliphatic rings. The minimum atomic E-state index is -0.311. The molecule has 1 aliphatic carbocycles. The molecule has 3 rings (SSSR count). The Hall–Kier alpha value is -1.26. The number of hydrogen-bond donors (Lipinski definition) is 5. The van der Waals surface area contributed by atoms with E-state index in [-0.39, 0.29) is 42.7 Å². The molecule has 0 bridgehead atoms. The molecular weight excluding hydrogens is 386 g/mol. The summed E-state index contributed by atoms with van der Waals surface area (Å²) < 4.78 is 5.45. The molecule has 172 valence electrons. The summed E-state index contributed by atoms with van der Waals surface area (Å²) in [4.78, 5) is 28.0. The van der Waals surface area contributed by atoms with Crippen LogP contribution in [0.4, 0.5) is 0 Å². The number of nitrogens with zero attached hydrogens (tertiary/aromatic N) is 1. The zero-order valence-electron chi connectivity index (χ0n) is 18.4. The van der Waals surface area contributed by atoms with Gasteiger partial charge in [0.15, 0.2) is 0 Å². The summed E-state index contributed by atoms with van der Waals surface area (Å²) in [6.45, 7) is 7.65. The first-order valence-corrected chi connectivity index (χ1v) is 11.5. The van der Waals surface area contributed by atoms with Gasteiger partial charge in [0.1, 0.15) is 6.04 Å². The van der Waals surface area contributed by atoms with Crippen LogP contribution < -0.4 is 21.5 Å². The zero-order valence-corrected chi connectivity index (χ0v) is 18.4. The molecule has 1 saturated carbocycles. The first kappa shape index (κ1) is 23.4. The number of aliphatic hydroxyl groups excluding tert-OH is 1. The Morgan fingerprint density at radius 1 is 1.13 bits per heavy atom. The number of hydrazine groups is 1. The SMILES string of the molecule is CC1CC(NC(=O)C2CCC(N3CCNC3)NN2)C(C(=O)OCCCCO)CC1C. The second-order valence-electron chi connectivity index (χ2n) is 9.15. The van der Waals surface area contributed by atoms with E-state index in [1.54, 1.807) is 0 Å². The Kier molecular flexibility index (Phi) is 8.88. The Bertz CT molecular complexity index is 564. The lowest BCUT2D eigenvalue weighted by Gasteiger charge is -2.39. The highest BCUT2D eigenvalue weighted by molar-refractivity contribution is 5.83. The van der Waals surface area contributed by atoms with E-state index in [4.69, 9.17) is 9.84 Å². The number of nitrogens with one attached hydrogen (secondary N) is 4. The number of hydrogen-bond acceptors (Lipinski definition) is 8. The monoisotopic (exact) mass is 425 g/mol. The fourth-order valence-electron chi connectivity index (χ4n) is 4.72. The number of ether oxygens (including phenoxy) is 1. The van der Waals surface area contributed by atoms with Crippen LogP contribution in [0.1, 0.15) is 52.4 Å². The van der Waals surface area contributed by atoms with Gasteiger partial charge in [0, 0.05) is 32.4 Å². The average molecular weight is 426 g/mol. The first-order valence-electron chi connectivity index (χ1n) is 11.5. The van der Waals surface area contributed by atoms with Gasteiger partial charge in [0.05, 0.1) is 18.7 Å². The second-order valence-corrected chi connectivity index (χ2v) is 9.15. The molecular formula is C21H39N5O4. The highest BCUT2D eigenvalue weighted by Crippen LogP contribution is 2.34. The van der Waals surface area contributed by atoms with Crippen LogP contribution in [0, 0.1) is 17.8 Å². The lowest BCUT2D eigenvalue weighted by atomic mass is 9.72. The quantitative estimate of drug-likeness (QED) is 0.271. The van der Waals surface area contributed by atoms with Gasteiger partial charge in [-0.1, -0.05) is 13.8 Å². The lowest BCUT2D eigenvalue weighted by molar-refractivity contribution is -0.152. The molecule has 6 atom stereocenters.